The summed E-state index contributed by atoms with van der Waals surface area (Å²) in [7, 11) is 0. The van der Waals surface area contributed by atoms with Crippen molar-refractivity contribution in [2.24, 2.45) is 0 Å². The van der Waals surface area contributed by atoms with E-state index in [1.54, 1.807) is 0 Å². The van der Waals surface area contributed by atoms with Crippen molar-refractivity contribution in [1.29, 1.82) is 0 Å². The third-order valence-corrected chi connectivity index (χ3v) is 2.28. The van der Waals surface area contributed by atoms with Gasteiger partial charge in [0.1, 0.15) is 0 Å². The minimum Gasteiger partial charge on any atom is -0.454 e. The van der Waals surface area contributed by atoms with E-state index in [1.165, 1.54) is 5.56 Å². The summed E-state index contributed by atoms with van der Waals surface area (Å²) in [6.45, 7) is 2.09. The zero-order valence-electron chi connectivity index (χ0n) is 7.82. The first-order valence-electron chi connectivity index (χ1n) is 4.60. The van der Waals surface area contributed by atoms with Gasteiger partial charge in [-0.1, -0.05) is 6.07 Å². The van der Waals surface area contributed by atoms with Crippen LogP contribution in [0.5, 0.6) is 11.5 Å². The second kappa shape index (κ2) is 4.57. The van der Waals surface area contributed by atoms with Crippen LogP contribution in [0.1, 0.15) is 5.56 Å². The van der Waals surface area contributed by atoms with E-state index in [-0.39, 0.29) is 0 Å². The molecule has 1 aliphatic rings. The molecule has 0 fully saturated rings. The van der Waals surface area contributed by atoms with Crippen molar-refractivity contribution in [3.63, 3.8) is 0 Å². The largest absolute Gasteiger partial charge is 0.454 e. The van der Waals surface area contributed by atoms with Crippen molar-refractivity contribution >= 4 is 12.6 Å². The number of hydrogen-bond donors (Lipinski definition) is 2. The molecule has 1 aromatic rings. The lowest BCUT2D eigenvalue weighted by Gasteiger charge is -2.03. The molecular formula is C10H13NO2S. The molecule has 0 spiro atoms. The fourth-order valence-electron chi connectivity index (χ4n) is 1.36. The van der Waals surface area contributed by atoms with Gasteiger partial charge in [0, 0.05) is 18.8 Å². The minimum atomic E-state index is 0.336. The molecular weight excluding hydrogens is 198 g/mol. The van der Waals surface area contributed by atoms with Crippen molar-refractivity contribution in [2.75, 3.05) is 19.1 Å². The third kappa shape index (κ3) is 2.13. The molecule has 0 radical (unpaired) electrons. The smallest absolute Gasteiger partial charge is 0.231 e. The Morgan fingerprint density at radius 2 is 2.14 bits per heavy atom. The first-order valence-corrected chi connectivity index (χ1v) is 5.23. The standard InChI is InChI=1S/C10H13NO2S/c14-4-3-11-6-8-1-2-9-10(5-8)13-7-12-9/h1-2,5,11,14H,3-4,6-7H2. The number of ether oxygens (including phenoxy) is 2. The SMILES string of the molecule is SCCNCc1ccc2c(c1)OCO2. The van der Waals surface area contributed by atoms with Crippen molar-refractivity contribution < 1.29 is 9.47 Å². The summed E-state index contributed by atoms with van der Waals surface area (Å²) < 4.78 is 10.5. The lowest BCUT2D eigenvalue weighted by atomic mass is 10.2. The highest BCUT2D eigenvalue weighted by Crippen LogP contribution is 2.32. The molecule has 14 heavy (non-hydrogen) atoms. The molecule has 0 saturated carbocycles. The zero-order chi connectivity index (χ0) is 9.80. The summed E-state index contributed by atoms with van der Waals surface area (Å²) in [6, 6.07) is 5.99. The molecule has 1 aromatic carbocycles. The zero-order valence-corrected chi connectivity index (χ0v) is 8.72. The average Bonchev–Trinajstić information content (AvgIpc) is 2.65. The van der Waals surface area contributed by atoms with E-state index in [4.69, 9.17) is 9.47 Å². The van der Waals surface area contributed by atoms with E-state index in [0.29, 0.717) is 6.79 Å². The highest BCUT2D eigenvalue weighted by molar-refractivity contribution is 7.80. The van der Waals surface area contributed by atoms with Crippen LogP contribution in [0.3, 0.4) is 0 Å². The maximum Gasteiger partial charge on any atom is 0.231 e. The minimum absolute atomic E-state index is 0.336. The van der Waals surface area contributed by atoms with Crippen LogP contribution in [0.25, 0.3) is 0 Å². The van der Waals surface area contributed by atoms with Gasteiger partial charge in [-0.05, 0) is 17.7 Å². The molecule has 0 aromatic heterocycles. The molecule has 1 aliphatic heterocycles. The van der Waals surface area contributed by atoms with E-state index in [2.05, 4.69) is 17.9 Å². The fraction of sp³-hybridized carbons (Fsp3) is 0.400. The van der Waals surface area contributed by atoms with Crippen molar-refractivity contribution in [2.45, 2.75) is 6.54 Å². The van der Waals surface area contributed by atoms with Gasteiger partial charge in [-0.3, -0.25) is 0 Å². The van der Waals surface area contributed by atoms with Crippen molar-refractivity contribution in [1.82, 2.24) is 5.32 Å². The topological polar surface area (TPSA) is 30.5 Å². The Morgan fingerprint density at radius 1 is 1.29 bits per heavy atom. The van der Waals surface area contributed by atoms with Gasteiger partial charge in [0.05, 0.1) is 0 Å². The van der Waals surface area contributed by atoms with E-state index in [9.17, 15) is 0 Å². The van der Waals surface area contributed by atoms with Crippen molar-refractivity contribution in [3.8, 4) is 11.5 Å². The van der Waals surface area contributed by atoms with E-state index >= 15 is 0 Å². The molecule has 4 heteroatoms. The van der Waals surface area contributed by atoms with Crippen LogP contribution in [0.4, 0.5) is 0 Å². The Balaban J connectivity index is 1.98. The molecule has 1 heterocycles. The number of nitrogens with one attached hydrogen (secondary N) is 1. The Morgan fingerprint density at radius 3 is 3.00 bits per heavy atom. The van der Waals surface area contributed by atoms with Gasteiger partial charge >= 0.3 is 0 Å². The maximum atomic E-state index is 5.28. The van der Waals surface area contributed by atoms with Crippen LogP contribution in [0.15, 0.2) is 18.2 Å². The lowest BCUT2D eigenvalue weighted by molar-refractivity contribution is 0.174. The predicted molar refractivity (Wildman–Crippen MR) is 58.1 cm³/mol. The number of thiol groups is 1. The third-order valence-electron chi connectivity index (χ3n) is 2.05. The molecule has 0 unspecified atom stereocenters. The monoisotopic (exact) mass is 211 g/mol. The highest BCUT2D eigenvalue weighted by atomic mass is 32.1. The number of fused-ring (bicyclic) bond motifs is 1. The predicted octanol–water partition coefficient (Wildman–Crippen LogP) is 1.43. The molecule has 76 valence electrons. The first-order chi connectivity index (χ1) is 6.90. The van der Waals surface area contributed by atoms with Crippen LogP contribution < -0.4 is 14.8 Å². The van der Waals surface area contributed by atoms with E-state index in [1.807, 2.05) is 18.2 Å². The van der Waals surface area contributed by atoms with Gasteiger partial charge in [0.2, 0.25) is 6.79 Å². The molecule has 1 N–H and O–H groups in total. The Hall–Kier alpha value is -0.870. The summed E-state index contributed by atoms with van der Waals surface area (Å²) in [5.74, 6) is 2.53. The molecule has 0 atom stereocenters. The van der Waals surface area contributed by atoms with Gasteiger partial charge < -0.3 is 14.8 Å². The highest BCUT2D eigenvalue weighted by Gasteiger charge is 2.12. The maximum absolute atomic E-state index is 5.28. The fourth-order valence-corrected chi connectivity index (χ4v) is 1.52. The van der Waals surface area contributed by atoms with Crippen LogP contribution in [-0.2, 0) is 6.54 Å². The van der Waals surface area contributed by atoms with Crippen LogP contribution in [0.2, 0.25) is 0 Å². The average molecular weight is 211 g/mol. The summed E-state index contributed by atoms with van der Waals surface area (Å²) in [5, 5.41) is 3.27. The van der Waals surface area contributed by atoms with E-state index < -0.39 is 0 Å². The normalized spacial score (nSPS) is 13.2. The molecule has 0 saturated heterocycles. The molecule has 0 bridgehead atoms. The van der Waals surface area contributed by atoms with Crippen LogP contribution >= 0.6 is 12.6 Å². The second-order valence-electron chi connectivity index (χ2n) is 3.09. The number of hydrogen-bond acceptors (Lipinski definition) is 4. The molecule has 0 aliphatic carbocycles. The van der Waals surface area contributed by atoms with Gasteiger partial charge in [0.15, 0.2) is 11.5 Å². The quantitative estimate of drug-likeness (QED) is 0.583. The lowest BCUT2D eigenvalue weighted by Crippen LogP contribution is -2.15. The second-order valence-corrected chi connectivity index (χ2v) is 3.54. The van der Waals surface area contributed by atoms with Crippen LogP contribution in [-0.4, -0.2) is 19.1 Å². The van der Waals surface area contributed by atoms with Gasteiger partial charge in [-0.2, -0.15) is 12.6 Å². The molecule has 2 rings (SSSR count). The van der Waals surface area contributed by atoms with Gasteiger partial charge in [0.25, 0.3) is 0 Å². The summed E-state index contributed by atoms with van der Waals surface area (Å²) in [4.78, 5) is 0. The molecule has 3 nitrogen and oxygen atoms in total. The van der Waals surface area contributed by atoms with E-state index in [0.717, 1.165) is 30.3 Å². The van der Waals surface area contributed by atoms with Crippen LogP contribution in [0, 0.1) is 0 Å². The Labute approximate surface area is 88.8 Å². The first kappa shape index (κ1) is 9.68. The van der Waals surface area contributed by atoms with Gasteiger partial charge in [-0.25, -0.2) is 0 Å². The summed E-state index contributed by atoms with van der Waals surface area (Å²) in [6.07, 6.45) is 0. The molecule has 0 amide bonds. The summed E-state index contributed by atoms with van der Waals surface area (Å²) >= 11 is 4.12. The summed E-state index contributed by atoms with van der Waals surface area (Å²) in [5.41, 5.74) is 1.20. The number of benzene rings is 1. The Kier molecular flexibility index (Phi) is 3.16. The van der Waals surface area contributed by atoms with Crippen molar-refractivity contribution in [3.05, 3.63) is 23.8 Å². The number of rotatable bonds is 4. The van der Waals surface area contributed by atoms with Gasteiger partial charge in [-0.15, -0.1) is 0 Å². The Bertz CT molecular complexity index is 317.